The van der Waals surface area contributed by atoms with E-state index in [1.807, 2.05) is 0 Å². The first-order valence-electron chi connectivity index (χ1n) is 4.28. The summed E-state index contributed by atoms with van der Waals surface area (Å²) in [7, 11) is 0. The average molecular weight is 248 g/mol. The van der Waals surface area contributed by atoms with Crippen LogP contribution in [0.2, 0.25) is 10.0 Å². The summed E-state index contributed by atoms with van der Waals surface area (Å²) in [6.45, 7) is 2.13. The molecule has 0 spiro atoms. The van der Waals surface area contributed by atoms with Crippen molar-refractivity contribution in [2.75, 3.05) is 12.3 Å². The maximum atomic E-state index is 11.7. The second-order valence-corrected chi connectivity index (χ2v) is 3.78. The van der Waals surface area contributed by atoms with Gasteiger partial charge in [-0.3, -0.25) is 9.80 Å². The van der Waals surface area contributed by atoms with Crippen LogP contribution in [0.1, 0.15) is 17.3 Å². The van der Waals surface area contributed by atoms with Gasteiger partial charge in [-0.1, -0.05) is 23.2 Å². The molecule has 15 heavy (non-hydrogen) atoms. The molecule has 4 nitrogen and oxygen atoms in total. The lowest BCUT2D eigenvalue weighted by molar-refractivity contribution is 0.0765. The van der Waals surface area contributed by atoms with Gasteiger partial charge in [0.25, 0.3) is 5.91 Å². The number of nitrogens with zero attached hydrogens (tertiary/aromatic N) is 1. The minimum absolute atomic E-state index is 0.190. The third-order valence-electron chi connectivity index (χ3n) is 1.93. The molecular formula is C9H11Cl2N3O. The zero-order chi connectivity index (χ0) is 11.6. The maximum absolute atomic E-state index is 11.7. The van der Waals surface area contributed by atoms with Gasteiger partial charge < -0.3 is 5.73 Å². The molecule has 0 aliphatic heterocycles. The molecule has 1 aromatic carbocycles. The molecular weight excluding hydrogens is 237 g/mol. The molecule has 0 saturated carbocycles. The number of nitrogens with two attached hydrogens (primary N) is 2. The van der Waals surface area contributed by atoms with Gasteiger partial charge in [0.15, 0.2) is 0 Å². The van der Waals surface area contributed by atoms with E-state index < -0.39 is 5.91 Å². The summed E-state index contributed by atoms with van der Waals surface area (Å²) < 4.78 is 0. The van der Waals surface area contributed by atoms with Crippen molar-refractivity contribution < 1.29 is 4.79 Å². The first-order chi connectivity index (χ1) is 6.97. The van der Waals surface area contributed by atoms with Gasteiger partial charge >= 0.3 is 0 Å². The predicted octanol–water partition coefficient (Wildman–Crippen LogP) is 1.91. The first kappa shape index (κ1) is 12.1. The summed E-state index contributed by atoms with van der Waals surface area (Å²) in [6, 6.07) is 2.92. The van der Waals surface area contributed by atoms with Crippen LogP contribution in [-0.4, -0.2) is 17.5 Å². The molecule has 82 valence electrons. The third-order valence-corrected chi connectivity index (χ3v) is 2.46. The van der Waals surface area contributed by atoms with E-state index in [9.17, 15) is 4.79 Å². The van der Waals surface area contributed by atoms with Crippen LogP contribution in [0.4, 0.5) is 5.69 Å². The van der Waals surface area contributed by atoms with Crippen molar-refractivity contribution in [1.29, 1.82) is 0 Å². The Balaban J connectivity index is 3.19. The van der Waals surface area contributed by atoms with Crippen molar-refractivity contribution in [3.05, 3.63) is 27.7 Å². The van der Waals surface area contributed by atoms with Crippen molar-refractivity contribution in [1.82, 2.24) is 5.01 Å². The van der Waals surface area contributed by atoms with Crippen LogP contribution >= 0.6 is 23.2 Å². The van der Waals surface area contributed by atoms with Gasteiger partial charge in [-0.15, -0.1) is 0 Å². The van der Waals surface area contributed by atoms with E-state index in [0.29, 0.717) is 11.6 Å². The quantitative estimate of drug-likeness (QED) is 0.363. The minimum Gasteiger partial charge on any atom is -0.397 e. The number of anilines is 1. The highest BCUT2D eigenvalue weighted by molar-refractivity contribution is 6.37. The molecule has 6 heteroatoms. The Labute approximate surface area is 97.7 Å². The monoisotopic (exact) mass is 247 g/mol. The van der Waals surface area contributed by atoms with Gasteiger partial charge in [-0.05, 0) is 19.1 Å². The molecule has 0 aliphatic carbocycles. The predicted molar refractivity (Wildman–Crippen MR) is 61.8 cm³/mol. The molecule has 0 saturated heterocycles. The number of amides is 1. The van der Waals surface area contributed by atoms with Gasteiger partial charge in [0.2, 0.25) is 0 Å². The van der Waals surface area contributed by atoms with Gasteiger partial charge in [0.1, 0.15) is 0 Å². The van der Waals surface area contributed by atoms with E-state index in [0.717, 1.165) is 5.01 Å². The van der Waals surface area contributed by atoms with Crippen LogP contribution < -0.4 is 11.6 Å². The van der Waals surface area contributed by atoms with Crippen molar-refractivity contribution in [2.45, 2.75) is 6.92 Å². The fourth-order valence-corrected chi connectivity index (χ4v) is 1.55. The van der Waals surface area contributed by atoms with E-state index in [4.69, 9.17) is 34.8 Å². The summed E-state index contributed by atoms with van der Waals surface area (Å²) in [5.74, 6) is 5.06. The Hall–Kier alpha value is -0.970. The molecule has 0 aromatic heterocycles. The molecule has 0 unspecified atom stereocenters. The Kier molecular flexibility index (Phi) is 3.79. The lowest BCUT2D eigenvalue weighted by atomic mass is 10.1. The number of rotatable bonds is 2. The summed E-state index contributed by atoms with van der Waals surface area (Å²) >= 11 is 11.6. The summed E-state index contributed by atoms with van der Waals surface area (Å²) in [5.41, 5.74) is 6.06. The van der Waals surface area contributed by atoms with E-state index in [1.165, 1.54) is 12.1 Å². The molecule has 0 aliphatic rings. The van der Waals surface area contributed by atoms with Crippen LogP contribution in [0.25, 0.3) is 0 Å². The number of carbonyl (C=O) groups is 1. The SMILES string of the molecule is CCN(N)C(=O)c1cc(Cl)cc(Cl)c1N. The highest BCUT2D eigenvalue weighted by Gasteiger charge is 2.16. The van der Waals surface area contributed by atoms with Crippen molar-refractivity contribution in [2.24, 2.45) is 5.84 Å². The molecule has 0 fully saturated rings. The standard InChI is InChI=1S/C9H11Cl2N3O/c1-2-14(13)9(15)6-3-5(10)4-7(11)8(6)12/h3-4H,2,12-13H2,1H3. The lowest BCUT2D eigenvalue weighted by Gasteiger charge is -2.15. The molecule has 1 aromatic rings. The van der Waals surface area contributed by atoms with Crippen LogP contribution in [0.15, 0.2) is 12.1 Å². The van der Waals surface area contributed by atoms with E-state index in [1.54, 1.807) is 6.92 Å². The highest BCUT2D eigenvalue weighted by atomic mass is 35.5. The second kappa shape index (κ2) is 4.70. The summed E-state index contributed by atoms with van der Waals surface area (Å²) in [6.07, 6.45) is 0. The van der Waals surface area contributed by atoms with E-state index in [-0.39, 0.29) is 16.3 Å². The van der Waals surface area contributed by atoms with Crippen molar-refractivity contribution >= 4 is 34.8 Å². The number of carbonyl (C=O) groups excluding carboxylic acids is 1. The molecule has 0 bridgehead atoms. The molecule has 0 radical (unpaired) electrons. The average Bonchev–Trinajstić information content (AvgIpc) is 2.21. The van der Waals surface area contributed by atoms with E-state index >= 15 is 0 Å². The van der Waals surface area contributed by atoms with Gasteiger partial charge in [-0.25, -0.2) is 5.84 Å². The number of benzene rings is 1. The third kappa shape index (κ3) is 2.53. The Morgan fingerprint density at radius 1 is 1.47 bits per heavy atom. The summed E-state index contributed by atoms with van der Waals surface area (Å²) in [4.78, 5) is 11.7. The highest BCUT2D eigenvalue weighted by Crippen LogP contribution is 2.27. The fourth-order valence-electron chi connectivity index (χ4n) is 1.06. The van der Waals surface area contributed by atoms with Gasteiger partial charge in [0, 0.05) is 11.6 Å². The molecule has 0 heterocycles. The van der Waals surface area contributed by atoms with Gasteiger partial charge in [-0.2, -0.15) is 0 Å². The Morgan fingerprint density at radius 3 is 2.60 bits per heavy atom. The normalized spacial score (nSPS) is 10.1. The van der Waals surface area contributed by atoms with Crippen LogP contribution in [0, 0.1) is 0 Å². The van der Waals surface area contributed by atoms with Gasteiger partial charge in [0.05, 0.1) is 16.3 Å². The Bertz CT molecular complexity index is 395. The maximum Gasteiger partial charge on any atom is 0.269 e. The van der Waals surface area contributed by atoms with Crippen molar-refractivity contribution in [3.8, 4) is 0 Å². The number of hydrogen-bond donors (Lipinski definition) is 2. The first-order valence-corrected chi connectivity index (χ1v) is 5.04. The van der Waals surface area contributed by atoms with Crippen LogP contribution in [0.5, 0.6) is 0 Å². The largest absolute Gasteiger partial charge is 0.397 e. The molecule has 1 rings (SSSR count). The van der Waals surface area contributed by atoms with Crippen LogP contribution in [0.3, 0.4) is 0 Å². The molecule has 1 amide bonds. The zero-order valence-electron chi connectivity index (χ0n) is 8.13. The smallest absolute Gasteiger partial charge is 0.269 e. The number of hydrazine groups is 1. The second-order valence-electron chi connectivity index (χ2n) is 2.94. The molecule has 0 atom stereocenters. The lowest BCUT2D eigenvalue weighted by Crippen LogP contribution is -2.37. The van der Waals surface area contributed by atoms with Crippen LogP contribution in [-0.2, 0) is 0 Å². The minimum atomic E-state index is -0.403. The zero-order valence-corrected chi connectivity index (χ0v) is 9.64. The number of nitrogen functional groups attached to an aromatic ring is 1. The topological polar surface area (TPSA) is 72.3 Å². The Morgan fingerprint density at radius 2 is 2.07 bits per heavy atom. The number of hydrogen-bond acceptors (Lipinski definition) is 3. The number of halogens is 2. The van der Waals surface area contributed by atoms with Crippen molar-refractivity contribution in [3.63, 3.8) is 0 Å². The summed E-state index contributed by atoms with van der Waals surface area (Å²) in [5, 5.41) is 1.63. The molecule has 4 N–H and O–H groups in total. The fraction of sp³-hybridized carbons (Fsp3) is 0.222. The van der Waals surface area contributed by atoms with E-state index in [2.05, 4.69) is 0 Å².